The fraction of sp³-hybridized carbons (Fsp3) is 0.323. The van der Waals surface area contributed by atoms with Gasteiger partial charge in [-0.1, -0.05) is 189 Å². The summed E-state index contributed by atoms with van der Waals surface area (Å²) in [4.78, 5) is 10.7. The standard InChI is InChI=1S/C62H69N3O/c1-58(2,3)45-27-24-40(25-28-45)42-30-31-63-52(36-42)44-32-43(33-46(34-44)59(4,5)6)48-22-19-23-54-55(48)64-57(49-37-47(60(7,8)9)38-51(56(49)66)62(13,14)15)65(54)53-29-26-41(35-50(53)61(10,11)12)39-20-17-16-18-21-39/h16-38,66H,1-15H3. The van der Waals surface area contributed by atoms with E-state index in [0.29, 0.717) is 5.82 Å². The summed E-state index contributed by atoms with van der Waals surface area (Å²) in [5.74, 6) is 0.978. The number of aromatic nitrogens is 3. The maximum atomic E-state index is 12.6. The minimum atomic E-state index is -0.318. The fourth-order valence-corrected chi connectivity index (χ4v) is 9.00. The number of benzene rings is 6. The molecule has 0 aliphatic rings. The maximum Gasteiger partial charge on any atom is 0.149 e. The molecule has 0 saturated heterocycles. The average Bonchev–Trinajstić information content (AvgIpc) is 3.64. The van der Waals surface area contributed by atoms with Crippen LogP contribution in [-0.2, 0) is 27.1 Å². The minimum absolute atomic E-state index is 0.0826. The van der Waals surface area contributed by atoms with Gasteiger partial charge in [-0.2, -0.15) is 0 Å². The summed E-state index contributed by atoms with van der Waals surface area (Å²) >= 11 is 0. The third kappa shape index (κ3) is 9.12. The van der Waals surface area contributed by atoms with Crippen molar-refractivity contribution in [2.45, 2.75) is 131 Å². The van der Waals surface area contributed by atoms with Gasteiger partial charge in [0.05, 0.1) is 28.0 Å². The van der Waals surface area contributed by atoms with Crippen LogP contribution >= 0.6 is 0 Å². The third-order valence-electron chi connectivity index (χ3n) is 13.1. The number of aromatic hydroxyl groups is 1. The Labute approximate surface area is 394 Å². The second-order valence-electron chi connectivity index (χ2n) is 23.5. The van der Waals surface area contributed by atoms with E-state index in [1.54, 1.807) is 0 Å². The zero-order valence-electron chi connectivity index (χ0n) is 42.1. The number of fused-ring (bicyclic) bond motifs is 1. The summed E-state index contributed by atoms with van der Waals surface area (Å²) in [5.41, 5.74) is 17.3. The molecule has 4 heteroatoms. The Morgan fingerprint density at radius 2 is 0.985 bits per heavy atom. The average molecular weight is 872 g/mol. The Hall–Kier alpha value is -6.26. The van der Waals surface area contributed by atoms with Gasteiger partial charge in [0, 0.05) is 22.9 Å². The van der Waals surface area contributed by atoms with Crippen molar-refractivity contribution >= 4 is 11.0 Å². The van der Waals surface area contributed by atoms with Crippen LogP contribution in [0.5, 0.6) is 5.75 Å². The van der Waals surface area contributed by atoms with Crippen molar-refractivity contribution in [1.82, 2.24) is 14.5 Å². The van der Waals surface area contributed by atoms with Gasteiger partial charge < -0.3 is 5.11 Å². The number of nitrogens with zero attached hydrogens (tertiary/aromatic N) is 3. The predicted octanol–water partition coefficient (Wildman–Crippen LogP) is 16.9. The van der Waals surface area contributed by atoms with E-state index in [-0.39, 0.29) is 32.8 Å². The molecule has 8 rings (SSSR count). The van der Waals surface area contributed by atoms with Crippen LogP contribution in [0.4, 0.5) is 0 Å². The SMILES string of the molecule is CC(C)(C)c1ccc(-c2ccnc(-c3cc(-c4cccc5c4nc(-c4cc(C(C)(C)C)cc(C(C)(C)C)c4O)n5-c4ccc(-c5ccccc5)cc4C(C)(C)C)cc(C(C)(C)C)c3)c2)cc1. The molecule has 0 aliphatic heterocycles. The molecule has 1 N–H and O–H groups in total. The highest BCUT2D eigenvalue weighted by atomic mass is 16.3. The number of hydrogen-bond acceptors (Lipinski definition) is 3. The largest absolute Gasteiger partial charge is 0.507 e. The third-order valence-corrected chi connectivity index (χ3v) is 13.1. The normalized spacial score (nSPS) is 12.8. The van der Waals surface area contributed by atoms with Gasteiger partial charge in [-0.3, -0.25) is 9.55 Å². The fourth-order valence-electron chi connectivity index (χ4n) is 9.00. The Morgan fingerprint density at radius 3 is 1.61 bits per heavy atom. The highest BCUT2D eigenvalue weighted by Gasteiger charge is 2.31. The number of imidazole rings is 1. The van der Waals surface area contributed by atoms with E-state index >= 15 is 0 Å². The van der Waals surface area contributed by atoms with E-state index < -0.39 is 0 Å². The summed E-state index contributed by atoms with van der Waals surface area (Å²) in [6.45, 7) is 33.7. The Morgan fingerprint density at radius 1 is 0.409 bits per heavy atom. The molecule has 0 radical (unpaired) electrons. The van der Waals surface area contributed by atoms with Crippen molar-refractivity contribution in [3.05, 3.63) is 167 Å². The Bertz CT molecular complexity index is 3080. The molecule has 0 saturated carbocycles. The van der Waals surface area contributed by atoms with Crippen molar-refractivity contribution in [3.63, 3.8) is 0 Å². The first-order valence-corrected chi connectivity index (χ1v) is 23.6. The number of rotatable bonds is 6. The molecule has 2 heterocycles. The van der Waals surface area contributed by atoms with Crippen LogP contribution in [0.15, 0.2) is 140 Å². The molecule has 66 heavy (non-hydrogen) atoms. The van der Waals surface area contributed by atoms with Crippen molar-refractivity contribution in [1.29, 1.82) is 0 Å². The van der Waals surface area contributed by atoms with Crippen molar-refractivity contribution in [2.24, 2.45) is 0 Å². The maximum absolute atomic E-state index is 12.6. The van der Waals surface area contributed by atoms with E-state index in [1.807, 2.05) is 6.20 Å². The lowest BCUT2D eigenvalue weighted by Gasteiger charge is -2.28. The number of hydrogen-bond donors (Lipinski definition) is 1. The lowest BCUT2D eigenvalue weighted by molar-refractivity contribution is 0.446. The van der Waals surface area contributed by atoms with Gasteiger partial charge in [0.25, 0.3) is 0 Å². The van der Waals surface area contributed by atoms with Crippen LogP contribution in [0.3, 0.4) is 0 Å². The molecule has 6 aromatic carbocycles. The quantitative estimate of drug-likeness (QED) is 0.181. The van der Waals surface area contributed by atoms with Gasteiger partial charge >= 0.3 is 0 Å². The molecular formula is C62H69N3O. The van der Waals surface area contributed by atoms with E-state index in [1.165, 1.54) is 27.8 Å². The van der Waals surface area contributed by atoms with E-state index in [4.69, 9.17) is 9.97 Å². The zero-order valence-corrected chi connectivity index (χ0v) is 42.1. The smallest absolute Gasteiger partial charge is 0.149 e. The molecule has 0 fully saturated rings. The molecule has 0 amide bonds. The number of phenolic OH excluding ortho intramolecular Hbond substituents is 1. The summed E-state index contributed by atoms with van der Waals surface area (Å²) < 4.78 is 2.31. The molecule has 4 nitrogen and oxygen atoms in total. The molecule has 0 bridgehead atoms. The van der Waals surface area contributed by atoms with Gasteiger partial charge in [0.1, 0.15) is 11.6 Å². The van der Waals surface area contributed by atoms with Crippen LogP contribution < -0.4 is 0 Å². The number of pyridine rings is 1. The predicted molar refractivity (Wildman–Crippen MR) is 281 cm³/mol. The highest BCUT2D eigenvalue weighted by Crippen LogP contribution is 2.46. The van der Waals surface area contributed by atoms with Crippen molar-refractivity contribution in [2.75, 3.05) is 0 Å². The van der Waals surface area contributed by atoms with Crippen molar-refractivity contribution < 1.29 is 5.11 Å². The molecule has 0 atom stereocenters. The summed E-state index contributed by atoms with van der Waals surface area (Å²) in [5, 5.41) is 12.6. The van der Waals surface area contributed by atoms with Crippen LogP contribution in [-0.4, -0.2) is 19.6 Å². The van der Waals surface area contributed by atoms with Gasteiger partial charge in [0.15, 0.2) is 0 Å². The minimum Gasteiger partial charge on any atom is -0.507 e. The Kier molecular flexibility index (Phi) is 11.6. The van der Waals surface area contributed by atoms with Gasteiger partial charge in [-0.25, -0.2) is 4.98 Å². The lowest BCUT2D eigenvalue weighted by atomic mass is 9.78. The second kappa shape index (κ2) is 16.6. The summed E-state index contributed by atoms with van der Waals surface area (Å²) in [7, 11) is 0. The molecule has 0 unspecified atom stereocenters. The first-order chi connectivity index (χ1) is 30.8. The first kappa shape index (κ1) is 46.3. The highest BCUT2D eigenvalue weighted by molar-refractivity contribution is 5.97. The molecule has 0 spiro atoms. The Balaban J connectivity index is 1.41. The molecule has 8 aromatic rings. The number of para-hydroxylation sites is 1. The molecule has 0 aliphatic carbocycles. The first-order valence-electron chi connectivity index (χ1n) is 23.6. The molecular weight excluding hydrogens is 803 g/mol. The van der Waals surface area contributed by atoms with E-state index in [9.17, 15) is 5.11 Å². The van der Waals surface area contributed by atoms with Gasteiger partial charge in [-0.15, -0.1) is 0 Å². The van der Waals surface area contributed by atoms with Crippen LogP contribution in [0.1, 0.15) is 132 Å². The lowest BCUT2D eigenvalue weighted by Crippen LogP contribution is -2.18. The van der Waals surface area contributed by atoms with Crippen LogP contribution in [0.2, 0.25) is 0 Å². The van der Waals surface area contributed by atoms with Crippen LogP contribution in [0, 0.1) is 0 Å². The second-order valence-corrected chi connectivity index (χ2v) is 23.5. The topological polar surface area (TPSA) is 50.9 Å². The molecule has 2 aromatic heterocycles. The summed E-state index contributed by atoms with van der Waals surface area (Å²) in [6, 6.07) is 48.5. The van der Waals surface area contributed by atoms with E-state index in [0.717, 1.165) is 66.9 Å². The van der Waals surface area contributed by atoms with Crippen molar-refractivity contribution in [3.8, 4) is 67.5 Å². The molecule has 338 valence electrons. The van der Waals surface area contributed by atoms with Gasteiger partial charge in [-0.05, 0) is 126 Å². The van der Waals surface area contributed by atoms with E-state index in [2.05, 4.69) is 242 Å². The van der Waals surface area contributed by atoms with Gasteiger partial charge in [0.2, 0.25) is 0 Å². The van der Waals surface area contributed by atoms with Crippen LogP contribution in [0.25, 0.3) is 72.7 Å². The monoisotopic (exact) mass is 872 g/mol. The summed E-state index contributed by atoms with van der Waals surface area (Å²) in [6.07, 6.45) is 1.93. The zero-order chi connectivity index (χ0) is 47.7. The number of phenols is 1.